The molecule has 1 aliphatic rings. The summed E-state index contributed by atoms with van der Waals surface area (Å²) in [6.45, 7) is 5.51. The van der Waals surface area contributed by atoms with Gasteiger partial charge in [0, 0.05) is 6.61 Å². The maximum absolute atomic E-state index is 9.72. The zero-order valence-electron chi connectivity index (χ0n) is 10.7. The Morgan fingerprint density at radius 3 is 2.88 bits per heavy atom. The summed E-state index contributed by atoms with van der Waals surface area (Å²) in [6, 6.07) is 0. The van der Waals surface area contributed by atoms with E-state index in [4.69, 9.17) is 9.47 Å². The third-order valence-corrected chi connectivity index (χ3v) is 3.14. The van der Waals surface area contributed by atoms with Gasteiger partial charge in [-0.1, -0.05) is 32.6 Å². The molecule has 1 N–H and O–H groups in total. The van der Waals surface area contributed by atoms with Crippen LogP contribution in [0.4, 0.5) is 0 Å². The van der Waals surface area contributed by atoms with Crippen LogP contribution in [0, 0.1) is 0 Å². The van der Waals surface area contributed by atoms with Gasteiger partial charge in [0.1, 0.15) is 6.10 Å². The second kappa shape index (κ2) is 8.04. The number of hydrogen-bond acceptors (Lipinski definition) is 3. The summed E-state index contributed by atoms with van der Waals surface area (Å²) >= 11 is 0. The molecule has 0 bridgehead atoms. The largest absolute Gasteiger partial charge is 0.390 e. The summed E-state index contributed by atoms with van der Waals surface area (Å²) in [7, 11) is 0. The molecule has 3 heteroatoms. The Hall–Kier alpha value is -0.120. The Morgan fingerprint density at radius 2 is 2.19 bits per heavy atom. The van der Waals surface area contributed by atoms with Gasteiger partial charge in [-0.25, -0.2) is 0 Å². The zero-order valence-corrected chi connectivity index (χ0v) is 10.7. The van der Waals surface area contributed by atoms with Crippen molar-refractivity contribution in [2.75, 3.05) is 13.2 Å². The molecule has 3 nitrogen and oxygen atoms in total. The van der Waals surface area contributed by atoms with Gasteiger partial charge in [0.2, 0.25) is 0 Å². The van der Waals surface area contributed by atoms with E-state index in [9.17, 15) is 5.11 Å². The van der Waals surface area contributed by atoms with Crippen molar-refractivity contribution in [3.05, 3.63) is 0 Å². The van der Waals surface area contributed by atoms with Crippen molar-refractivity contribution >= 4 is 0 Å². The van der Waals surface area contributed by atoms with E-state index in [1.165, 1.54) is 25.7 Å². The molecule has 0 aromatic heterocycles. The van der Waals surface area contributed by atoms with E-state index < -0.39 is 0 Å². The minimum atomic E-state index is -0.341. The lowest BCUT2D eigenvalue weighted by molar-refractivity contribution is -0.138. The molecule has 1 aliphatic heterocycles. The summed E-state index contributed by atoms with van der Waals surface area (Å²) in [5.41, 5.74) is 0. The Bertz CT molecular complexity index is 173. The van der Waals surface area contributed by atoms with Crippen molar-refractivity contribution in [1.29, 1.82) is 0 Å². The van der Waals surface area contributed by atoms with Gasteiger partial charge >= 0.3 is 0 Å². The van der Waals surface area contributed by atoms with Gasteiger partial charge in [-0.15, -0.1) is 0 Å². The van der Waals surface area contributed by atoms with Gasteiger partial charge in [0.05, 0.1) is 18.8 Å². The first-order valence-corrected chi connectivity index (χ1v) is 6.65. The molecular formula is C13H26O3. The third-order valence-electron chi connectivity index (χ3n) is 3.14. The van der Waals surface area contributed by atoms with Crippen LogP contribution in [-0.4, -0.2) is 36.6 Å². The fourth-order valence-electron chi connectivity index (χ4n) is 2.06. The molecule has 96 valence electrons. The van der Waals surface area contributed by atoms with E-state index in [1.807, 2.05) is 0 Å². The molecule has 1 fully saturated rings. The quantitative estimate of drug-likeness (QED) is 0.683. The average molecular weight is 230 g/mol. The minimum absolute atomic E-state index is 0.116. The Balaban J connectivity index is 2.09. The predicted molar refractivity (Wildman–Crippen MR) is 64.5 cm³/mol. The van der Waals surface area contributed by atoms with Crippen molar-refractivity contribution in [3.8, 4) is 0 Å². The topological polar surface area (TPSA) is 38.7 Å². The van der Waals surface area contributed by atoms with Gasteiger partial charge in [-0.05, 0) is 19.8 Å². The van der Waals surface area contributed by atoms with Crippen LogP contribution in [0.1, 0.15) is 52.4 Å². The van der Waals surface area contributed by atoms with E-state index in [1.54, 1.807) is 0 Å². The van der Waals surface area contributed by atoms with Crippen molar-refractivity contribution in [3.63, 3.8) is 0 Å². The lowest BCUT2D eigenvalue weighted by Crippen LogP contribution is -2.40. The number of hydrogen-bond donors (Lipinski definition) is 1. The monoisotopic (exact) mass is 230 g/mol. The highest BCUT2D eigenvalue weighted by molar-refractivity contribution is 4.74. The predicted octanol–water partition coefficient (Wildman–Crippen LogP) is 2.51. The van der Waals surface area contributed by atoms with Crippen LogP contribution in [0.3, 0.4) is 0 Å². The summed E-state index contributed by atoms with van der Waals surface area (Å²) in [6.07, 6.45) is 6.65. The van der Waals surface area contributed by atoms with Crippen LogP contribution >= 0.6 is 0 Å². The smallest absolute Gasteiger partial charge is 0.107 e. The van der Waals surface area contributed by atoms with Crippen LogP contribution in [-0.2, 0) is 9.47 Å². The van der Waals surface area contributed by atoms with Gasteiger partial charge < -0.3 is 14.6 Å². The Kier molecular flexibility index (Phi) is 7.01. The normalized spacial score (nSPS) is 27.9. The summed E-state index contributed by atoms with van der Waals surface area (Å²) in [5, 5.41) is 9.72. The van der Waals surface area contributed by atoms with Crippen molar-refractivity contribution in [2.45, 2.75) is 70.7 Å². The van der Waals surface area contributed by atoms with Crippen LogP contribution in [0.5, 0.6) is 0 Å². The van der Waals surface area contributed by atoms with Gasteiger partial charge in [-0.3, -0.25) is 0 Å². The van der Waals surface area contributed by atoms with E-state index in [0.29, 0.717) is 19.6 Å². The molecule has 16 heavy (non-hydrogen) atoms. The number of unbranched alkanes of at least 4 members (excludes halogenated alkanes) is 3. The molecule has 0 aromatic rings. The molecule has 3 unspecified atom stereocenters. The molecule has 3 atom stereocenters. The molecule has 0 spiro atoms. The van der Waals surface area contributed by atoms with Crippen LogP contribution in [0.25, 0.3) is 0 Å². The van der Waals surface area contributed by atoms with E-state index >= 15 is 0 Å². The van der Waals surface area contributed by atoms with Gasteiger partial charge in [0.25, 0.3) is 0 Å². The molecule has 0 amide bonds. The molecule has 0 aromatic carbocycles. The highest BCUT2D eigenvalue weighted by atomic mass is 16.6. The second-order valence-corrected chi connectivity index (χ2v) is 4.77. The van der Waals surface area contributed by atoms with Crippen molar-refractivity contribution in [2.24, 2.45) is 0 Å². The van der Waals surface area contributed by atoms with Crippen LogP contribution < -0.4 is 0 Å². The fourth-order valence-corrected chi connectivity index (χ4v) is 2.06. The molecule has 1 rings (SSSR count). The Morgan fingerprint density at radius 1 is 1.38 bits per heavy atom. The lowest BCUT2D eigenvalue weighted by atomic mass is 10.1. The number of aliphatic hydroxyl groups is 1. The second-order valence-electron chi connectivity index (χ2n) is 4.77. The SMILES string of the molecule is CCCCCCC(C)OC1COCCC1O. The molecule has 0 aliphatic carbocycles. The van der Waals surface area contributed by atoms with Crippen molar-refractivity contribution in [1.82, 2.24) is 0 Å². The van der Waals surface area contributed by atoms with Crippen LogP contribution in [0.2, 0.25) is 0 Å². The Labute approximate surface area is 99.1 Å². The maximum Gasteiger partial charge on any atom is 0.107 e. The number of rotatable bonds is 7. The first-order chi connectivity index (χ1) is 7.74. The summed E-state index contributed by atoms with van der Waals surface area (Å²) in [4.78, 5) is 0. The third kappa shape index (κ3) is 5.28. The van der Waals surface area contributed by atoms with Gasteiger partial charge in [-0.2, -0.15) is 0 Å². The fraction of sp³-hybridized carbons (Fsp3) is 1.00. The number of ether oxygens (including phenoxy) is 2. The van der Waals surface area contributed by atoms with E-state index in [0.717, 1.165) is 6.42 Å². The van der Waals surface area contributed by atoms with Gasteiger partial charge in [0.15, 0.2) is 0 Å². The molecular weight excluding hydrogens is 204 g/mol. The molecule has 1 heterocycles. The summed E-state index contributed by atoms with van der Waals surface area (Å²) < 4.78 is 11.1. The zero-order chi connectivity index (χ0) is 11.8. The lowest BCUT2D eigenvalue weighted by Gasteiger charge is -2.30. The number of aliphatic hydroxyl groups excluding tert-OH is 1. The first-order valence-electron chi connectivity index (χ1n) is 6.65. The molecule has 0 saturated carbocycles. The maximum atomic E-state index is 9.72. The van der Waals surface area contributed by atoms with E-state index in [-0.39, 0.29) is 18.3 Å². The van der Waals surface area contributed by atoms with Crippen LogP contribution in [0.15, 0.2) is 0 Å². The standard InChI is InChI=1S/C13H26O3/c1-3-4-5-6-7-11(2)16-13-10-15-9-8-12(13)14/h11-14H,3-10H2,1-2H3. The molecule has 0 radical (unpaired) electrons. The van der Waals surface area contributed by atoms with E-state index in [2.05, 4.69) is 13.8 Å². The molecule has 1 saturated heterocycles. The highest BCUT2D eigenvalue weighted by Crippen LogP contribution is 2.16. The highest BCUT2D eigenvalue weighted by Gasteiger charge is 2.25. The minimum Gasteiger partial charge on any atom is -0.390 e. The van der Waals surface area contributed by atoms with Crippen molar-refractivity contribution < 1.29 is 14.6 Å². The first kappa shape index (κ1) is 13.9. The summed E-state index contributed by atoms with van der Waals surface area (Å²) in [5.74, 6) is 0. The average Bonchev–Trinajstić information content (AvgIpc) is 2.28.